The van der Waals surface area contributed by atoms with Gasteiger partial charge in [0.15, 0.2) is 11.5 Å². The largest absolute Gasteiger partial charge is 0.490 e. The van der Waals surface area contributed by atoms with Crippen LogP contribution in [0.2, 0.25) is 0 Å². The van der Waals surface area contributed by atoms with Crippen molar-refractivity contribution in [1.82, 2.24) is 5.32 Å². The van der Waals surface area contributed by atoms with Crippen LogP contribution in [0, 0.1) is 5.92 Å². The van der Waals surface area contributed by atoms with Gasteiger partial charge in [0.25, 0.3) is 0 Å². The summed E-state index contributed by atoms with van der Waals surface area (Å²) < 4.78 is 34.5. The molecule has 0 aromatic heterocycles. The normalized spacial score (nSPS) is 21.8. The predicted molar refractivity (Wildman–Crippen MR) is 77.9 cm³/mol. The summed E-state index contributed by atoms with van der Waals surface area (Å²) in [5.41, 5.74) is 1.01. The van der Waals surface area contributed by atoms with E-state index in [0.29, 0.717) is 30.9 Å². The molecular formula is C16H23F2NO2. The Bertz CT molecular complexity index is 454. The van der Waals surface area contributed by atoms with Crippen LogP contribution in [0.3, 0.4) is 0 Å². The maximum absolute atomic E-state index is 12.3. The Morgan fingerprint density at radius 2 is 2.10 bits per heavy atom. The third kappa shape index (κ3) is 4.56. The van der Waals surface area contributed by atoms with Gasteiger partial charge in [-0.3, -0.25) is 0 Å². The van der Waals surface area contributed by atoms with Crippen molar-refractivity contribution in [3.8, 4) is 11.5 Å². The predicted octanol–water partition coefficient (Wildman–Crippen LogP) is 3.96. The summed E-state index contributed by atoms with van der Waals surface area (Å²) >= 11 is 0. The highest BCUT2D eigenvalue weighted by Crippen LogP contribution is 2.30. The standard InChI is InChI=1S/C16H23F2NO2/c1-3-20-15-9-12(7-8-14(15)21-16(17)18)10-19-13-6-4-5-11(13)2/h7-9,11,13,16,19H,3-6,10H2,1-2H3. The average molecular weight is 299 g/mol. The molecule has 21 heavy (non-hydrogen) atoms. The van der Waals surface area contributed by atoms with Crippen LogP contribution in [0.25, 0.3) is 0 Å². The molecule has 1 aromatic rings. The van der Waals surface area contributed by atoms with Gasteiger partial charge in [0.2, 0.25) is 0 Å². The van der Waals surface area contributed by atoms with E-state index in [1.807, 2.05) is 6.92 Å². The van der Waals surface area contributed by atoms with Crippen LogP contribution in [0.4, 0.5) is 8.78 Å². The second-order valence-corrected chi connectivity index (χ2v) is 5.49. The Kier molecular flexibility index (Phi) is 5.79. The summed E-state index contributed by atoms with van der Waals surface area (Å²) in [6.45, 7) is 2.36. The van der Waals surface area contributed by atoms with Crippen molar-refractivity contribution in [2.24, 2.45) is 5.92 Å². The van der Waals surface area contributed by atoms with Crippen LogP contribution in [-0.2, 0) is 6.54 Å². The summed E-state index contributed by atoms with van der Waals surface area (Å²) in [6.07, 6.45) is 3.74. The van der Waals surface area contributed by atoms with E-state index in [1.54, 1.807) is 18.2 Å². The zero-order valence-electron chi connectivity index (χ0n) is 12.6. The van der Waals surface area contributed by atoms with Crippen LogP contribution in [-0.4, -0.2) is 19.3 Å². The Morgan fingerprint density at radius 3 is 2.71 bits per heavy atom. The van der Waals surface area contributed by atoms with Crippen LogP contribution in [0.1, 0.15) is 38.7 Å². The molecule has 1 saturated carbocycles. The van der Waals surface area contributed by atoms with E-state index in [9.17, 15) is 8.78 Å². The fourth-order valence-electron chi connectivity index (χ4n) is 2.82. The second kappa shape index (κ2) is 7.59. The van der Waals surface area contributed by atoms with Crippen molar-refractivity contribution < 1.29 is 18.3 Å². The number of rotatable bonds is 7. The lowest BCUT2D eigenvalue weighted by Gasteiger charge is -2.18. The van der Waals surface area contributed by atoms with Gasteiger partial charge in [-0.15, -0.1) is 0 Å². The van der Waals surface area contributed by atoms with E-state index in [2.05, 4.69) is 17.0 Å². The van der Waals surface area contributed by atoms with Gasteiger partial charge >= 0.3 is 6.61 Å². The molecular weight excluding hydrogens is 276 g/mol. The van der Waals surface area contributed by atoms with Crippen molar-refractivity contribution >= 4 is 0 Å². The highest BCUT2D eigenvalue weighted by atomic mass is 19.3. The van der Waals surface area contributed by atoms with Gasteiger partial charge in [-0.05, 0) is 43.4 Å². The minimum atomic E-state index is -2.84. The van der Waals surface area contributed by atoms with Gasteiger partial charge in [0.1, 0.15) is 0 Å². The monoisotopic (exact) mass is 299 g/mol. The van der Waals surface area contributed by atoms with Crippen molar-refractivity contribution in [3.05, 3.63) is 23.8 Å². The third-order valence-electron chi connectivity index (χ3n) is 3.95. The Labute approximate surface area is 124 Å². The molecule has 0 aliphatic heterocycles. The number of ether oxygens (including phenoxy) is 2. The fraction of sp³-hybridized carbons (Fsp3) is 0.625. The topological polar surface area (TPSA) is 30.5 Å². The first-order valence-electron chi connectivity index (χ1n) is 7.54. The molecule has 5 heteroatoms. The van der Waals surface area contributed by atoms with E-state index in [1.165, 1.54) is 19.3 Å². The Morgan fingerprint density at radius 1 is 1.29 bits per heavy atom. The molecule has 2 atom stereocenters. The highest BCUT2D eigenvalue weighted by Gasteiger charge is 2.22. The fourth-order valence-corrected chi connectivity index (χ4v) is 2.82. The lowest BCUT2D eigenvalue weighted by Crippen LogP contribution is -2.30. The molecule has 1 fully saturated rings. The van der Waals surface area contributed by atoms with E-state index < -0.39 is 6.61 Å². The number of alkyl halides is 2. The molecule has 0 heterocycles. The number of hydrogen-bond acceptors (Lipinski definition) is 3. The summed E-state index contributed by atoms with van der Waals surface area (Å²) in [6, 6.07) is 5.66. The molecule has 2 unspecified atom stereocenters. The van der Waals surface area contributed by atoms with Crippen molar-refractivity contribution in [3.63, 3.8) is 0 Å². The highest BCUT2D eigenvalue weighted by molar-refractivity contribution is 5.43. The molecule has 118 valence electrons. The molecule has 1 aromatic carbocycles. The molecule has 0 spiro atoms. The van der Waals surface area contributed by atoms with Gasteiger partial charge in [-0.25, -0.2) is 0 Å². The smallest absolute Gasteiger partial charge is 0.387 e. The maximum atomic E-state index is 12.3. The zero-order valence-corrected chi connectivity index (χ0v) is 12.6. The molecule has 2 rings (SSSR count). The number of nitrogens with one attached hydrogen (secondary N) is 1. The maximum Gasteiger partial charge on any atom is 0.387 e. The lowest BCUT2D eigenvalue weighted by molar-refractivity contribution is -0.0514. The van der Waals surface area contributed by atoms with Gasteiger partial charge < -0.3 is 14.8 Å². The number of hydrogen-bond donors (Lipinski definition) is 1. The minimum Gasteiger partial charge on any atom is -0.490 e. The van der Waals surface area contributed by atoms with E-state index in [-0.39, 0.29) is 5.75 Å². The molecule has 0 saturated heterocycles. The SMILES string of the molecule is CCOc1cc(CNC2CCCC2C)ccc1OC(F)F. The molecule has 0 radical (unpaired) electrons. The summed E-state index contributed by atoms with van der Waals surface area (Å²) in [4.78, 5) is 0. The van der Waals surface area contributed by atoms with Crippen molar-refractivity contribution in [1.29, 1.82) is 0 Å². The Balaban J connectivity index is 2.01. The summed E-state index contributed by atoms with van der Waals surface area (Å²) in [5.74, 6) is 1.15. The van der Waals surface area contributed by atoms with Crippen molar-refractivity contribution in [2.75, 3.05) is 6.61 Å². The van der Waals surface area contributed by atoms with Crippen molar-refractivity contribution in [2.45, 2.75) is 52.3 Å². The summed E-state index contributed by atoms with van der Waals surface area (Å²) in [5, 5.41) is 3.53. The molecule has 3 nitrogen and oxygen atoms in total. The summed E-state index contributed by atoms with van der Waals surface area (Å²) in [7, 11) is 0. The van der Waals surface area contributed by atoms with Gasteiger partial charge in [0, 0.05) is 12.6 Å². The third-order valence-corrected chi connectivity index (χ3v) is 3.95. The molecule has 1 N–H and O–H groups in total. The van der Waals surface area contributed by atoms with Gasteiger partial charge in [-0.1, -0.05) is 19.4 Å². The van der Waals surface area contributed by atoms with Crippen LogP contribution < -0.4 is 14.8 Å². The number of halogens is 2. The Hall–Kier alpha value is -1.36. The zero-order chi connectivity index (χ0) is 15.2. The number of benzene rings is 1. The van der Waals surface area contributed by atoms with Crippen LogP contribution in [0.5, 0.6) is 11.5 Å². The second-order valence-electron chi connectivity index (χ2n) is 5.49. The van der Waals surface area contributed by atoms with E-state index >= 15 is 0 Å². The first-order chi connectivity index (χ1) is 10.1. The van der Waals surface area contributed by atoms with Gasteiger partial charge in [0.05, 0.1) is 6.61 Å². The average Bonchev–Trinajstić information content (AvgIpc) is 2.84. The van der Waals surface area contributed by atoms with Crippen LogP contribution in [0.15, 0.2) is 18.2 Å². The molecule has 0 bridgehead atoms. The first-order valence-corrected chi connectivity index (χ1v) is 7.54. The molecule has 0 amide bonds. The van der Waals surface area contributed by atoms with E-state index in [0.717, 1.165) is 5.56 Å². The quantitative estimate of drug-likeness (QED) is 0.826. The van der Waals surface area contributed by atoms with E-state index in [4.69, 9.17) is 4.74 Å². The molecule has 1 aliphatic rings. The van der Waals surface area contributed by atoms with Crippen LogP contribution >= 0.6 is 0 Å². The molecule has 1 aliphatic carbocycles. The van der Waals surface area contributed by atoms with Gasteiger partial charge in [-0.2, -0.15) is 8.78 Å². The minimum absolute atomic E-state index is 0.0878. The first kappa shape index (κ1) is 16.0. The lowest BCUT2D eigenvalue weighted by atomic mass is 10.1.